The van der Waals surface area contributed by atoms with Crippen molar-refractivity contribution in [1.82, 2.24) is 24.9 Å². The van der Waals surface area contributed by atoms with Gasteiger partial charge in [0.1, 0.15) is 0 Å². The topological polar surface area (TPSA) is 78.7 Å². The van der Waals surface area contributed by atoms with Gasteiger partial charge in [0.15, 0.2) is 5.69 Å². The number of amides is 2. The third-order valence-electron chi connectivity index (χ3n) is 4.04. The first-order valence-corrected chi connectivity index (χ1v) is 9.08. The Kier molecular flexibility index (Phi) is 7.15. The number of rotatable bonds is 9. The summed E-state index contributed by atoms with van der Waals surface area (Å²) in [6, 6.07) is 5.45. The molecular weight excluding hydrogens is 330 g/mol. The van der Waals surface area contributed by atoms with E-state index in [0.717, 1.165) is 19.4 Å². The van der Waals surface area contributed by atoms with Crippen molar-refractivity contribution in [2.75, 3.05) is 33.7 Å². The fraction of sp³-hybridized carbons (Fsp3) is 0.526. The Morgan fingerprint density at radius 3 is 2.58 bits per heavy atom. The van der Waals surface area contributed by atoms with Crippen molar-refractivity contribution in [1.29, 1.82) is 0 Å². The van der Waals surface area contributed by atoms with Crippen LogP contribution in [0.4, 0.5) is 0 Å². The summed E-state index contributed by atoms with van der Waals surface area (Å²) in [5, 5.41) is 5.76. The molecule has 2 N–H and O–H groups in total. The Morgan fingerprint density at radius 1 is 1.15 bits per heavy atom. The zero-order valence-electron chi connectivity index (χ0n) is 16.1. The summed E-state index contributed by atoms with van der Waals surface area (Å²) in [7, 11) is 3.99. The Balaban J connectivity index is 2.12. The lowest BCUT2D eigenvalue weighted by Crippen LogP contribution is -2.29. The number of nitrogens with one attached hydrogen (secondary N) is 2. The number of hydrogen-bond acceptors (Lipinski definition) is 4. The fourth-order valence-corrected chi connectivity index (χ4v) is 2.60. The smallest absolute Gasteiger partial charge is 0.287 e. The van der Waals surface area contributed by atoms with Gasteiger partial charge in [-0.25, -0.2) is 4.98 Å². The molecule has 0 atom stereocenters. The van der Waals surface area contributed by atoms with E-state index in [9.17, 15) is 9.59 Å². The van der Waals surface area contributed by atoms with E-state index >= 15 is 0 Å². The Hall–Kier alpha value is -2.41. The summed E-state index contributed by atoms with van der Waals surface area (Å²) in [6.07, 6.45) is 3.50. The third kappa shape index (κ3) is 5.29. The van der Waals surface area contributed by atoms with Crippen molar-refractivity contribution >= 4 is 17.3 Å². The van der Waals surface area contributed by atoms with Crippen LogP contribution < -0.4 is 10.6 Å². The lowest BCUT2D eigenvalue weighted by molar-refractivity contribution is 0.0941. The molecule has 0 bridgehead atoms. The average Bonchev–Trinajstić information content (AvgIpc) is 2.98. The van der Waals surface area contributed by atoms with Crippen LogP contribution in [0.25, 0.3) is 5.52 Å². The molecule has 2 amide bonds. The van der Waals surface area contributed by atoms with Crippen molar-refractivity contribution in [2.24, 2.45) is 5.92 Å². The van der Waals surface area contributed by atoms with Gasteiger partial charge in [-0.15, -0.1) is 0 Å². The standard InChI is InChI=1S/C19H29N5O2/c1-14(2)9-11-21-18(25)16-15-8-5-6-13-24(15)17(22-16)19(26)20-10-7-12-23(3)4/h5-6,8,13-14H,7,9-12H2,1-4H3,(H,20,26)(H,21,25). The van der Waals surface area contributed by atoms with Crippen LogP contribution in [-0.4, -0.2) is 59.8 Å². The van der Waals surface area contributed by atoms with E-state index in [0.29, 0.717) is 24.5 Å². The largest absolute Gasteiger partial charge is 0.351 e. The van der Waals surface area contributed by atoms with Gasteiger partial charge in [-0.3, -0.25) is 14.0 Å². The van der Waals surface area contributed by atoms with Crippen molar-refractivity contribution in [2.45, 2.75) is 26.7 Å². The number of pyridine rings is 1. The molecule has 0 radical (unpaired) electrons. The van der Waals surface area contributed by atoms with Gasteiger partial charge in [-0.2, -0.15) is 0 Å². The number of imidazole rings is 1. The number of carbonyl (C=O) groups is 2. The average molecular weight is 359 g/mol. The van der Waals surface area contributed by atoms with Gasteiger partial charge in [0.25, 0.3) is 11.8 Å². The van der Waals surface area contributed by atoms with Gasteiger partial charge in [0, 0.05) is 19.3 Å². The Labute approximate surface area is 154 Å². The molecule has 2 rings (SSSR count). The van der Waals surface area contributed by atoms with Crippen LogP contribution in [-0.2, 0) is 0 Å². The molecule has 0 spiro atoms. The molecule has 26 heavy (non-hydrogen) atoms. The minimum Gasteiger partial charge on any atom is -0.351 e. The first-order chi connectivity index (χ1) is 12.4. The van der Waals surface area contributed by atoms with Gasteiger partial charge >= 0.3 is 0 Å². The molecule has 0 aliphatic carbocycles. The lowest BCUT2D eigenvalue weighted by Gasteiger charge is -2.09. The maximum absolute atomic E-state index is 12.5. The number of aromatic nitrogens is 2. The van der Waals surface area contributed by atoms with E-state index in [4.69, 9.17) is 0 Å². The van der Waals surface area contributed by atoms with E-state index in [2.05, 4.69) is 34.4 Å². The predicted molar refractivity (Wildman–Crippen MR) is 102 cm³/mol. The van der Waals surface area contributed by atoms with Crippen molar-refractivity contribution in [3.8, 4) is 0 Å². The Bertz CT molecular complexity index is 751. The van der Waals surface area contributed by atoms with Crippen molar-refractivity contribution < 1.29 is 9.59 Å². The molecule has 0 saturated heterocycles. The highest BCUT2D eigenvalue weighted by molar-refractivity contribution is 6.02. The van der Waals surface area contributed by atoms with E-state index in [1.54, 1.807) is 16.7 Å². The maximum Gasteiger partial charge on any atom is 0.287 e. The number of hydrogen-bond donors (Lipinski definition) is 2. The fourth-order valence-electron chi connectivity index (χ4n) is 2.60. The summed E-state index contributed by atoms with van der Waals surface area (Å²) < 4.78 is 1.67. The van der Waals surface area contributed by atoms with Crippen LogP contribution in [0, 0.1) is 5.92 Å². The first-order valence-electron chi connectivity index (χ1n) is 9.08. The van der Waals surface area contributed by atoms with Crippen LogP contribution in [0.15, 0.2) is 24.4 Å². The van der Waals surface area contributed by atoms with Gasteiger partial charge in [0.2, 0.25) is 5.82 Å². The van der Waals surface area contributed by atoms with Crippen molar-refractivity contribution in [3.05, 3.63) is 35.9 Å². The zero-order valence-corrected chi connectivity index (χ0v) is 16.1. The molecule has 2 aromatic rings. The highest BCUT2D eigenvalue weighted by Gasteiger charge is 2.21. The molecule has 0 unspecified atom stereocenters. The monoisotopic (exact) mass is 359 g/mol. The predicted octanol–water partition coefficient (Wildman–Crippen LogP) is 1.79. The van der Waals surface area contributed by atoms with E-state index in [1.807, 2.05) is 26.2 Å². The molecule has 0 aliphatic heterocycles. The zero-order chi connectivity index (χ0) is 19.1. The van der Waals surface area contributed by atoms with Crippen LogP contribution in [0.5, 0.6) is 0 Å². The van der Waals surface area contributed by atoms with Crippen molar-refractivity contribution in [3.63, 3.8) is 0 Å². The third-order valence-corrected chi connectivity index (χ3v) is 4.04. The molecule has 7 nitrogen and oxygen atoms in total. The number of nitrogens with zero attached hydrogens (tertiary/aromatic N) is 3. The van der Waals surface area contributed by atoms with E-state index in [-0.39, 0.29) is 23.3 Å². The second-order valence-corrected chi connectivity index (χ2v) is 7.09. The summed E-state index contributed by atoms with van der Waals surface area (Å²) in [6.45, 7) is 6.27. The lowest BCUT2D eigenvalue weighted by atomic mass is 10.1. The summed E-state index contributed by atoms with van der Waals surface area (Å²) in [5.74, 6) is 0.226. The second-order valence-electron chi connectivity index (χ2n) is 7.09. The van der Waals surface area contributed by atoms with Gasteiger partial charge in [-0.05, 0) is 51.5 Å². The SMILES string of the molecule is CC(C)CCNC(=O)c1nc(C(=O)NCCCN(C)C)n2ccccc12. The molecule has 2 heterocycles. The summed E-state index contributed by atoms with van der Waals surface area (Å²) >= 11 is 0. The molecule has 0 saturated carbocycles. The highest BCUT2D eigenvalue weighted by Crippen LogP contribution is 2.13. The molecular formula is C19H29N5O2. The van der Waals surface area contributed by atoms with E-state index in [1.165, 1.54) is 0 Å². The van der Waals surface area contributed by atoms with Gasteiger partial charge in [-0.1, -0.05) is 19.9 Å². The molecule has 7 heteroatoms. The quantitative estimate of drug-likeness (QED) is 0.669. The summed E-state index contributed by atoms with van der Waals surface area (Å²) in [4.78, 5) is 31.4. The minimum atomic E-state index is -0.272. The van der Waals surface area contributed by atoms with Crippen LogP contribution in [0.1, 0.15) is 47.8 Å². The normalized spacial score (nSPS) is 11.3. The molecule has 2 aromatic heterocycles. The Morgan fingerprint density at radius 2 is 1.88 bits per heavy atom. The van der Waals surface area contributed by atoms with E-state index < -0.39 is 0 Å². The molecule has 0 fully saturated rings. The maximum atomic E-state index is 12.5. The van der Waals surface area contributed by atoms with Gasteiger partial charge < -0.3 is 15.5 Å². The van der Waals surface area contributed by atoms with Crippen LogP contribution in [0.3, 0.4) is 0 Å². The number of carbonyl (C=O) groups excluding carboxylic acids is 2. The molecule has 0 aliphatic rings. The highest BCUT2D eigenvalue weighted by atomic mass is 16.2. The number of fused-ring (bicyclic) bond motifs is 1. The second kappa shape index (κ2) is 9.33. The van der Waals surface area contributed by atoms with Crippen LogP contribution in [0.2, 0.25) is 0 Å². The first kappa shape index (κ1) is 19.9. The van der Waals surface area contributed by atoms with Crippen LogP contribution >= 0.6 is 0 Å². The summed E-state index contributed by atoms with van der Waals surface area (Å²) in [5.41, 5.74) is 0.917. The minimum absolute atomic E-state index is 0.236. The van der Waals surface area contributed by atoms with Gasteiger partial charge in [0.05, 0.1) is 5.52 Å². The molecule has 142 valence electrons. The molecule has 0 aromatic carbocycles.